The monoisotopic (exact) mass is 603 g/mol. The molecule has 5 aromatic rings. The van der Waals surface area contributed by atoms with Crippen LogP contribution in [0.4, 0.5) is 10.5 Å². The van der Waals surface area contributed by atoms with Gasteiger partial charge in [-0.3, -0.25) is 14.2 Å². The summed E-state index contributed by atoms with van der Waals surface area (Å²) in [5.41, 5.74) is 2.71. The van der Waals surface area contributed by atoms with Gasteiger partial charge in [0.2, 0.25) is 0 Å². The molecule has 5 rings (SSSR count). The lowest BCUT2D eigenvalue weighted by atomic mass is 10.1. The van der Waals surface area contributed by atoms with Gasteiger partial charge in [0.15, 0.2) is 5.82 Å². The van der Waals surface area contributed by atoms with Gasteiger partial charge in [-0.1, -0.05) is 17.7 Å². The van der Waals surface area contributed by atoms with Crippen LogP contribution in [-0.2, 0) is 30.5 Å². The van der Waals surface area contributed by atoms with Crippen LogP contribution >= 0.6 is 11.6 Å². The number of nitrogens with zero attached hydrogens (tertiary/aromatic N) is 6. The van der Waals surface area contributed by atoms with Gasteiger partial charge in [0.25, 0.3) is 5.56 Å². The minimum atomic E-state index is -1.15. The van der Waals surface area contributed by atoms with Crippen molar-refractivity contribution in [3.63, 3.8) is 0 Å². The van der Waals surface area contributed by atoms with E-state index in [0.29, 0.717) is 35.0 Å². The number of anilines is 1. The SMILES string of the molecule is Cn1c(=O)c2ccc(-c3cnc(C(C)(C)O)nc3)cc2n1Cc1cc(NCc2ccn(C(=O)OC(C)(C)C)n2)ccc1Cl. The van der Waals surface area contributed by atoms with Crippen molar-refractivity contribution in [3.8, 4) is 11.1 Å². The molecule has 0 radical (unpaired) electrons. The fraction of sp³-hybridized carbons (Fsp3) is 0.323. The molecular formula is C31H34ClN7O4. The van der Waals surface area contributed by atoms with E-state index in [9.17, 15) is 14.7 Å². The third-order valence-electron chi connectivity index (χ3n) is 6.76. The Hall–Kier alpha value is -4.48. The fourth-order valence-electron chi connectivity index (χ4n) is 4.56. The number of rotatable bonds is 7. The van der Waals surface area contributed by atoms with Crippen LogP contribution in [0.1, 0.15) is 51.7 Å². The molecule has 0 amide bonds. The third-order valence-corrected chi connectivity index (χ3v) is 7.13. The second-order valence-corrected chi connectivity index (χ2v) is 12.3. The predicted octanol–water partition coefficient (Wildman–Crippen LogP) is 5.32. The van der Waals surface area contributed by atoms with Crippen LogP contribution in [0.15, 0.2) is 65.8 Å². The molecule has 0 aliphatic heterocycles. The van der Waals surface area contributed by atoms with Crippen molar-refractivity contribution in [1.29, 1.82) is 0 Å². The van der Waals surface area contributed by atoms with E-state index < -0.39 is 17.3 Å². The zero-order valence-corrected chi connectivity index (χ0v) is 25.7. The van der Waals surface area contributed by atoms with Crippen LogP contribution < -0.4 is 10.9 Å². The largest absolute Gasteiger partial charge is 0.442 e. The molecule has 3 heterocycles. The lowest BCUT2D eigenvalue weighted by molar-refractivity contribution is 0.0513. The predicted molar refractivity (Wildman–Crippen MR) is 165 cm³/mol. The van der Waals surface area contributed by atoms with Gasteiger partial charge in [-0.2, -0.15) is 9.78 Å². The number of benzene rings is 2. The molecule has 0 saturated heterocycles. The highest BCUT2D eigenvalue weighted by molar-refractivity contribution is 6.31. The molecule has 0 spiro atoms. The molecule has 2 N–H and O–H groups in total. The Bertz CT molecular complexity index is 1860. The van der Waals surface area contributed by atoms with Crippen molar-refractivity contribution in [2.45, 2.75) is 58.9 Å². The van der Waals surface area contributed by atoms with Crippen LogP contribution in [0.2, 0.25) is 5.02 Å². The number of aromatic nitrogens is 6. The second-order valence-electron chi connectivity index (χ2n) is 11.9. The van der Waals surface area contributed by atoms with E-state index in [-0.39, 0.29) is 5.56 Å². The van der Waals surface area contributed by atoms with Crippen molar-refractivity contribution in [3.05, 3.63) is 93.5 Å². The van der Waals surface area contributed by atoms with Gasteiger partial charge in [-0.15, -0.1) is 0 Å². The van der Waals surface area contributed by atoms with E-state index in [2.05, 4.69) is 20.4 Å². The van der Waals surface area contributed by atoms with Crippen LogP contribution in [0.25, 0.3) is 22.0 Å². The molecule has 0 atom stereocenters. The standard InChI is InChI=1S/C31H34ClN7O4/c1-30(2,3)43-29(41)38-12-11-23(36-38)17-33-22-8-10-25(32)20(13-22)18-39-26-14-19(7-9-24(26)27(40)37(39)6)21-15-34-28(35-16-21)31(4,5)42/h7-16,33,42H,17-18H2,1-6H3. The van der Waals surface area contributed by atoms with Gasteiger partial charge in [0.05, 0.1) is 29.7 Å². The summed E-state index contributed by atoms with van der Waals surface area (Å²) in [6, 6.07) is 12.9. The zero-order chi connectivity index (χ0) is 31.1. The fourth-order valence-corrected chi connectivity index (χ4v) is 4.74. The first kappa shape index (κ1) is 30.0. The maximum atomic E-state index is 13.1. The first-order chi connectivity index (χ1) is 20.2. The second kappa shape index (κ2) is 11.3. The lowest BCUT2D eigenvalue weighted by Crippen LogP contribution is -2.27. The molecule has 0 bridgehead atoms. The van der Waals surface area contributed by atoms with Crippen molar-refractivity contribution in [2.75, 3.05) is 5.32 Å². The van der Waals surface area contributed by atoms with Crippen LogP contribution in [-0.4, -0.2) is 45.9 Å². The smallest absolute Gasteiger partial charge is 0.435 e. The Morgan fingerprint density at radius 3 is 2.42 bits per heavy atom. The summed E-state index contributed by atoms with van der Waals surface area (Å²) >= 11 is 6.61. The highest BCUT2D eigenvalue weighted by Crippen LogP contribution is 2.27. The molecular weight excluding hydrogens is 570 g/mol. The Balaban J connectivity index is 1.38. The minimum absolute atomic E-state index is 0.124. The molecule has 224 valence electrons. The molecule has 0 fully saturated rings. The van der Waals surface area contributed by atoms with Crippen LogP contribution in [0, 0.1) is 0 Å². The average molecular weight is 604 g/mol. The summed E-state index contributed by atoms with van der Waals surface area (Å²) in [5.74, 6) is 0.327. The Labute approximate surface area is 253 Å². The van der Waals surface area contributed by atoms with Crippen LogP contribution in [0.3, 0.4) is 0 Å². The van der Waals surface area contributed by atoms with Gasteiger partial charge >= 0.3 is 6.09 Å². The van der Waals surface area contributed by atoms with E-state index in [1.165, 1.54) is 4.68 Å². The number of aliphatic hydroxyl groups is 1. The average Bonchev–Trinajstić information content (AvgIpc) is 3.51. The number of carbonyl (C=O) groups excluding carboxylic acids is 1. The molecule has 11 nitrogen and oxygen atoms in total. The molecule has 3 aromatic heterocycles. The van der Waals surface area contributed by atoms with E-state index in [0.717, 1.165) is 27.9 Å². The van der Waals surface area contributed by atoms with E-state index >= 15 is 0 Å². The summed E-state index contributed by atoms with van der Waals surface area (Å²) in [7, 11) is 1.72. The third kappa shape index (κ3) is 6.63. The Morgan fingerprint density at radius 1 is 1.02 bits per heavy atom. The topological polar surface area (TPSA) is 129 Å². The quantitative estimate of drug-likeness (QED) is 0.256. The van der Waals surface area contributed by atoms with Crippen LogP contribution in [0.5, 0.6) is 0 Å². The van der Waals surface area contributed by atoms with Gasteiger partial charge in [-0.05, 0) is 82.1 Å². The number of hydrogen-bond donors (Lipinski definition) is 2. The summed E-state index contributed by atoms with van der Waals surface area (Å²) in [4.78, 5) is 34.0. The summed E-state index contributed by atoms with van der Waals surface area (Å²) in [6.45, 7) is 9.38. The number of carbonyl (C=O) groups is 1. The molecule has 0 saturated carbocycles. The molecule has 0 aliphatic rings. The summed E-state index contributed by atoms with van der Waals surface area (Å²) in [6.07, 6.45) is 4.35. The normalized spacial score (nSPS) is 12.1. The van der Waals surface area contributed by atoms with Crippen molar-refractivity contribution in [1.82, 2.24) is 29.1 Å². The Morgan fingerprint density at radius 2 is 1.74 bits per heavy atom. The van der Waals surface area contributed by atoms with E-state index in [1.807, 2.05) is 28.9 Å². The zero-order valence-electron chi connectivity index (χ0n) is 24.9. The number of halogens is 1. The van der Waals surface area contributed by atoms with Crippen molar-refractivity contribution in [2.24, 2.45) is 7.05 Å². The first-order valence-electron chi connectivity index (χ1n) is 13.7. The van der Waals surface area contributed by atoms with Gasteiger partial charge in [-0.25, -0.2) is 14.8 Å². The first-order valence-corrected chi connectivity index (χ1v) is 14.1. The molecule has 2 aromatic carbocycles. The van der Waals surface area contributed by atoms with Crippen molar-refractivity contribution < 1.29 is 14.6 Å². The summed E-state index contributed by atoms with van der Waals surface area (Å²) in [5, 5.41) is 18.9. The van der Waals surface area contributed by atoms with Gasteiger partial charge in [0.1, 0.15) is 11.2 Å². The van der Waals surface area contributed by atoms with E-state index in [4.69, 9.17) is 16.3 Å². The molecule has 12 heteroatoms. The number of fused-ring (bicyclic) bond motifs is 1. The van der Waals surface area contributed by atoms with Crippen molar-refractivity contribution >= 4 is 34.3 Å². The molecule has 0 unspecified atom stereocenters. The minimum Gasteiger partial charge on any atom is -0.442 e. The number of nitrogens with one attached hydrogen (secondary N) is 1. The number of ether oxygens (including phenoxy) is 1. The van der Waals surface area contributed by atoms with E-state index in [1.54, 1.807) is 83.1 Å². The van der Waals surface area contributed by atoms with Gasteiger partial charge in [0, 0.05) is 41.9 Å². The maximum Gasteiger partial charge on any atom is 0.435 e. The highest BCUT2D eigenvalue weighted by atomic mass is 35.5. The lowest BCUT2D eigenvalue weighted by Gasteiger charge is -2.18. The summed E-state index contributed by atoms with van der Waals surface area (Å²) < 4.78 is 9.98. The molecule has 43 heavy (non-hydrogen) atoms. The number of hydrogen-bond acceptors (Lipinski definition) is 8. The van der Waals surface area contributed by atoms with Gasteiger partial charge < -0.3 is 15.2 Å². The molecule has 0 aliphatic carbocycles. The maximum absolute atomic E-state index is 13.1. The Kier molecular flexibility index (Phi) is 7.89. The highest BCUT2D eigenvalue weighted by Gasteiger charge is 2.20.